The van der Waals surface area contributed by atoms with Gasteiger partial charge in [-0.15, -0.1) is 6.58 Å². The maximum absolute atomic E-state index is 14.1. The van der Waals surface area contributed by atoms with Gasteiger partial charge in [-0.1, -0.05) is 30.3 Å². The number of ether oxygens (including phenoxy) is 2. The Morgan fingerprint density at radius 3 is 2.07 bits per heavy atom. The Balaban J connectivity index is 1.59. The standard InChI is InChI=1S/C23H26F2O2/c1-3-16-5-9-18(10-6-16)19-11-7-17(8-12-19)15-27-21-14-13-20(26-4-2)22(24)23(21)25/h3,7-8,11-14,16,18H,1,4-6,9-10,15H2,2H3. The summed E-state index contributed by atoms with van der Waals surface area (Å²) in [5.74, 6) is -0.996. The highest BCUT2D eigenvalue weighted by atomic mass is 19.2. The Kier molecular flexibility index (Phi) is 6.49. The van der Waals surface area contributed by atoms with Gasteiger partial charge in [-0.3, -0.25) is 0 Å². The van der Waals surface area contributed by atoms with Crippen LogP contribution >= 0.6 is 0 Å². The Morgan fingerprint density at radius 1 is 0.926 bits per heavy atom. The maximum atomic E-state index is 14.1. The highest BCUT2D eigenvalue weighted by Gasteiger charge is 2.20. The molecule has 27 heavy (non-hydrogen) atoms. The van der Waals surface area contributed by atoms with Gasteiger partial charge in [0.05, 0.1) is 6.61 Å². The molecule has 1 saturated carbocycles. The molecule has 0 aromatic heterocycles. The minimum atomic E-state index is -1.02. The molecular formula is C23H26F2O2. The minimum absolute atomic E-state index is 0.0992. The van der Waals surface area contributed by atoms with Gasteiger partial charge in [-0.05, 0) is 67.7 Å². The Morgan fingerprint density at radius 2 is 1.52 bits per heavy atom. The first kappa shape index (κ1) is 19.4. The molecule has 0 spiro atoms. The molecule has 0 atom stereocenters. The number of halogens is 2. The fourth-order valence-corrected chi connectivity index (χ4v) is 3.63. The van der Waals surface area contributed by atoms with Crippen molar-refractivity contribution in [1.82, 2.24) is 0 Å². The number of rotatable bonds is 7. The minimum Gasteiger partial charge on any atom is -0.491 e. The van der Waals surface area contributed by atoms with Crippen molar-refractivity contribution in [3.05, 3.63) is 71.8 Å². The maximum Gasteiger partial charge on any atom is 0.204 e. The van der Waals surface area contributed by atoms with Crippen LogP contribution in [0.25, 0.3) is 0 Å². The molecule has 3 rings (SSSR count). The van der Waals surface area contributed by atoms with Crippen molar-refractivity contribution in [2.24, 2.45) is 5.92 Å². The zero-order valence-electron chi connectivity index (χ0n) is 15.7. The lowest BCUT2D eigenvalue weighted by atomic mass is 9.79. The van der Waals surface area contributed by atoms with E-state index in [1.54, 1.807) is 6.92 Å². The summed E-state index contributed by atoms with van der Waals surface area (Å²) in [6, 6.07) is 11.0. The number of hydrogen-bond donors (Lipinski definition) is 0. The molecule has 2 aromatic carbocycles. The van der Waals surface area contributed by atoms with E-state index in [-0.39, 0.29) is 24.7 Å². The van der Waals surface area contributed by atoms with Crippen LogP contribution in [0.2, 0.25) is 0 Å². The summed E-state index contributed by atoms with van der Waals surface area (Å²) in [6.07, 6.45) is 6.83. The molecule has 0 radical (unpaired) electrons. The third-order valence-corrected chi connectivity index (χ3v) is 5.26. The largest absolute Gasteiger partial charge is 0.491 e. The molecular weight excluding hydrogens is 346 g/mol. The molecule has 4 heteroatoms. The lowest BCUT2D eigenvalue weighted by Gasteiger charge is -2.27. The van der Waals surface area contributed by atoms with Crippen LogP contribution in [0.15, 0.2) is 49.1 Å². The van der Waals surface area contributed by atoms with Gasteiger partial charge in [0, 0.05) is 0 Å². The van der Waals surface area contributed by atoms with Crippen molar-refractivity contribution in [2.45, 2.75) is 45.1 Å². The fraction of sp³-hybridized carbons (Fsp3) is 0.391. The van der Waals surface area contributed by atoms with Gasteiger partial charge < -0.3 is 9.47 Å². The summed E-state index contributed by atoms with van der Waals surface area (Å²) in [4.78, 5) is 0. The molecule has 1 aliphatic carbocycles. The van der Waals surface area contributed by atoms with Crippen molar-refractivity contribution in [3.8, 4) is 11.5 Å². The van der Waals surface area contributed by atoms with Crippen molar-refractivity contribution < 1.29 is 18.3 Å². The zero-order valence-corrected chi connectivity index (χ0v) is 15.7. The number of allylic oxidation sites excluding steroid dienone is 1. The second-order valence-electron chi connectivity index (χ2n) is 7.00. The van der Waals surface area contributed by atoms with E-state index >= 15 is 0 Å². The third kappa shape index (κ3) is 4.68. The zero-order chi connectivity index (χ0) is 19.2. The van der Waals surface area contributed by atoms with E-state index in [0.717, 1.165) is 5.56 Å². The normalized spacial score (nSPS) is 19.5. The first-order valence-corrected chi connectivity index (χ1v) is 9.57. The topological polar surface area (TPSA) is 18.5 Å². The SMILES string of the molecule is C=CC1CCC(c2ccc(COc3ccc(OCC)c(F)c3F)cc2)CC1. The van der Waals surface area contributed by atoms with E-state index < -0.39 is 11.6 Å². The lowest BCUT2D eigenvalue weighted by molar-refractivity contribution is 0.274. The van der Waals surface area contributed by atoms with Crippen LogP contribution in [0.3, 0.4) is 0 Å². The van der Waals surface area contributed by atoms with Gasteiger partial charge in [-0.25, -0.2) is 0 Å². The first-order valence-electron chi connectivity index (χ1n) is 9.57. The average molecular weight is 372 g/mol. The van der Waals surface area contributed by atoms with E-state index in [1.807, 2.05) is 12.1 Å². The quantitative estimate of drug-likeness (QED) is 0.523. The van der Waals surface area contributed by atoms with Crippen LogP contribution in [0.4, 0.5) is 8.78 Å². The molecule has 1 aliphatic rings. The Bertz CT molecular complexity index is 763. The van der Waals surface area contributed by atoms with E-state index in [0.29, 0.717) is 11.8 Å². The summed E-state index contributed by atoms with van der Waals surface area (Å²) < 4.78 is 38.5. The monoisotopic (exact) mass is 372 g/mol. The van der Waals surface area contributed by atoms with Crippen LogP contribution in [-0.4, -0.2) is 6.61 Å². The molecule has 144 valence electrons. The van der Waals surface area contributed by atoms with Crippen molar-refractivity contribution in [2.75, 3.05) is 6.61 Å². The van der Waals surface area contributed by atoms with Crippen molar-refractivity contribution >= 4 is 0 Å². The first-order chi connectivity index (χ1) is 13.1. The summed E-state index contributed by atoms with van der Waals surface area (Å²) in [6.45, 7) is 6.08. The van der Waals surface area contributed by atoms with Gasteiger partial charge in [0.25, 0.3) is 0 Å². The van der Waals surface area contributed by atoms with Crippen LogP contribution in [0.5, 0.6) is 11.5 Å². The number of benzene rings is 2. The average Bonchev–Trinajstić information content (AvgIpc) is 2.71. The third-order valence-electron chi connectivity index (χ3n) is 5.26. The summed E-state index contributed by atoms with van der Waals surface area (Å²) in [5.41, 5.74) is 2.26. The van der Waals surface area contributed by atoms with Crippen LogP contribution in [-0.2, 0) is 6.61 Å². The van der Waals surface area contributed by atoms with E-state index in [2.05, 4.69) is 24.8 Å². The highest BCUT2D eigenvalue weighted by Crippen LogP contribution is 2.36. The van der Waals surface area contributed by atoms with Crippen LogP contribution in [0, 0.1) is 17.6 Å². The molecule has 2 nitrogen and oxygen atoms in total. The van der Waals surface area contributed by atoms with Gasteiger partial charge in [0.1, 0.15) is 6.61 Å². The van der Waals surface area contributed by atoms with Crippen molar-refractivity contribution in [1.29, 1.82) is 0 Å². The second-order valence-corrected chi connectivity index (χ2v) is 7.00. The molecule has 1 fully saturated rings. The molecule has 0 heterocycles. The smallest absolute Gasteiger partial charge is 0.204 e. The van der Waals surface area contributed by atoms with Gasteiger partial charge >= 0.3 is 0 Å². The van der Waals surface area contributed by atoms with Gasteiger partial charge in [0.15, 0.2) is 11.5 Å². The Hall–Kier alpha value is -2.36. The van der Waals surface area contributed by atoms with E-state index in [4.69, 9.17) is 9.47 Å². The second kappa shape index (κ2) is 9.03. The molecule has 0 saturated heterocycles. The predicted octanol–water partition coefficient (Wildman–Crippen LogP) is 6.40. The predicted molar refractivity (Wildman–Crippen MR) is 103 cm³/mol. The van der Waals surface area contributed by atoms with Crippen LogP contribution in [0.1, 0.15) is 49.7 Å². The van der Waals surface area contributed by atoms with Gasteiger partial charge in [-0.2, -0.15) is 8.78 Å². The molecule has 0 aliphatic heterocycles. The fourth-order valence-electron chi connectivity index (χ4n) is 3.63. The molecule has 0 bridgehead atoms. The highest BCUT2D eigenvalue weighted by molar-refractivity contribution is 5.35. The van der Waals surface area contributed by atoms with E-state index in [1.165, 1.54) is 43.4 Å². The van der Waals surface area contributed by atoms with E-state index in [9.17, 15) is 8.78 Å². The van der Waals surface area contributed by atoms with Crippen molar-refractivity contribution in [3.63, 3.8) is 0 Å². The molecule has 0 N–H and O–H groups in total. The summed E-state index contributed by atoms with van der Waals surface area (Å²) in [7, 11) is 0. The molecule has 2 aromatic rings. The molecule has 0 amide bonds. The summed E-state index contributed by atoms with van der Waals surface area (Å²) >= 11 is 0. The lowest BCUT2D eigenvalue weighted by Crippen LogP contribution is -2.11. The van der Waals surface area contributed by atoms with Crippen LogP contribution < -0.4 is 9.47 Å². The Labute approximate surface area is 159 Å². The van der Waals surface area contributed by atoms with Gasteiger partial charge in [0.2, 0.25) is 11.6 Å². The summed E-state index contributed by atoms with van der Waals surface area (Å²) in [5, 5.41) is 0. The molecule has 0 unspecified atom stereocenters. The number of hydrogen-bond acceptors (Lipinski definition) is 2.